The first-order chi connectivity index (χ1) is 18.6. The molecule has 0 radical (unpaired) electrons. The quantitative estimate of drug-likeness (QED) is 0.173. The van der Waals surface area contributed by atoms with Crippen molar-refractivity contribution in [1.29, 1.82) is 0 Å². The second-order valence-electron chi connectivity index (χ2n) is 10.3. The molecule has 4 heterocycles. The third-order valence-electron chi connectivity index (χ3n) is 5.50. The average molecular weight is 600 g/mol. The maximum Gasteiger partial charge on any atom is 0.320 e. The first kappa shape index (κ1) is 40.9. The number of rotatable bonds is 3. The summed E-state index contributed by atoms with van der Waals surface area (Å²) in [6, 6.07) is 0.882. The highest BCUT2D eigenvalue weighted by molar-refractivity contribution is 5.85. The molecule has 40 heavy (non-hydrogen) atoms. The summed E-state index contributed by atoms with van der Waals surface area (Å²) >= 11 is 0. The van der Waals surface area contributed by atoms with Gasteiger partial charge in [-0.15, -0.1) is 12.4 Å². The van der Waals surface area contributed by atoms with Crippen LogP contribution in [0.4, 0.5) is 0 Å². The standard InChI is InChI=1S/C6H13NO2.2C5H12N2O.2C5H8O2.ClH/c1-6(2,3)9-5(8)4-7;6-7-5-1-3-8-4-2-5;6-7-5-2-1-3-8-4-5;6-5-1-3-7-4-2-5;6-5-2-1-3-7-4-5;/h4,7H2,1-3H3;2*5,7H,1-4,6H2;2*1-4H2;1H. The SMILES string of the molecule is CC(C)(C)OC(=O)CN.Cl.NNC1CCCOC1.NNC1CCOCC1.O=C1CCCOC1.O=C1CCOCC1. The van der Waals surface area contributed by atoms with Gasteiger partial charge in [0.15, 0.2) is 5.78 Å². The molecule has 0 aromatic carbocycles. The van der Waals surface area contributed by atoms with Crippen LogP contribution in [0.3, 0.4) is 0 Å². The van der Waals surface area contributed by atoms with Gasteiger partial charge in [-0.25, -0.2) is 0 Å². The van der Waals surface area contributed by atoms with Gasteiger partial charge in [-0.3, -0.25) is 36.9 Å². The summed E-state index contributed by atoms with van der Waals surface area (Å²) in [5, 5.41) is 0. The number of ether oxygens (including phenoxy) is 5. The number of carbonyl (C=O) groups is 3. The van der Waals surface area contributed by atoms with Crippen LogP contribution in [0, 0.1) is 0 Å². The molecule has 1 atom stereocenters. The number of esters is 1. The van der Waals surface area contributed by atoms with Gasteiger partial charge in [0.05, 0.1) is 26.4 Å². The van der Waals surface area contributed by atoms with Crippen LogP contribution in [-0.2, 0) is 38.1 Å². The number of halogens is 1. The minimum Gasteiger partial charge on any atom is -0.459 e. The maximum absolute atomic E-state index is 10.5. The molecule has 0 aromatic heterocycles. The summed E-state index contributed by atoms with van der Waals surface area (Å²) in [5.41, 5.74) is 10.0. The minimum atomic E-state index is -0.406. The highest BCUT2D eigenvalue weighted by Crippen LogP contribution is 2.06. The fourth-order valence-corrected chi connectivity index (χ4v) is 3.35. The van der Waals surface area contributed by atoms with Gasteiger partial charge in [-0.2, -0.15) is 0 Å². The van der Waals surface area contributed by atoms with Crippen LogP contribution in [-0.4, -0.2) is 94.6 Å². The Bertz CT molecular complexity index is 587. The van der Waals surface area contributed by atoms with Crippen LogP contribution in [0.25, 0.3) is 0 Å². The Kier molecular flexibility index (Phi) is 27.2. The van der Waals surface area contributed by atoms with E-state index in [-0.39, 0.29) is 30.7 Å². The van der Waals surface area contributed by atoms with Gasteiger partial charge in [-0.1, -0.05) is 0 Å². The van der Waals surface area contributed by atoms with Crippen LogP contribution in [0.15, 0.2) is 0 Å². The molecule has 0 aromatic rings. The molecule has 0 bridgehead atoms. The number of hydrazine groups is 2. The molecule has 8 N–H and O–H groups in total. The monoisotopic (exact) mass is 599 g/mol. The predicted molar refractivity (Wildman–Crippen MR) is 155 cm³/mol. The maximum atomic E-state index is 10.5. The van der Waals surface area contributed by atoms with E-state index < -0.39 is 5.60 Å². The van der Waals surface area contributed by atoms with E-state index in [9.17, 15) is 14.4 Å². The molecule has 0 saturated carbocycles. The number of nitrogens with two attached hydrogens (primary N) is 3. The van der Waals surface area contributed by atoms with Crippen molar-refractivity contribution in [2.45, 2.75) is 89.8 Å². The second kappa shape index (κ2) is 26.6. The van der Waals surface area contributed by atoms with E-state index in [1.165, 1.54) is 0 Å². The second-order valence-corrected chi connectivity index (χ2v) is 10.3. The largest absolute Gasteiger partial charge is 0.459 e. The van der Waals surface area contributed by atoms with Crippen LogP contribution in [0.2, 0.25) is 0 Å². The minimum absolute atomic E-state index is 0. The van der Waals surface area contributed by atoms with E-state index in [2.05, 4.69) is 10.9 Å². The molecule has 1 unspecified atom stereocenters. The van der Waals surface area contributed by atoms with Crippen molar-refractivity contribution in [1.82, 2.24) is 10.9 Å². The molecule has 4 fully saturated rings. The fourth-order valence-electron chi connectivity index (χ4n) is 3.35. The fraction of sp³-hybridized carbons (Fsp3) is 0.885. The molecule has 14 heteroatoms. The van der Waals surface area contributed by atoms with E-state index in [0.29, 0.717) is 50.5 Å². The van der Waals surface area contributed by atoms with E-state index in [1.807, 2.05) is 0 Å². The lowest BCUT2D eigenvalue weighted by molar-refractivity contribution is -0.152. The van der Waals surface area contributed by atoms with Crippen LogP contribution in [0.1, 0.15) is 72.1 Å². The van der Waals surface area contributed by atoms with E-state index >= 15 is 0 Å². The molecule has 4 aliphatic rings. The third kappa shape index (κ3) is 26.9. The predicted octanol–water partition coefficient (Wildman–Crippen LogP) is 0.698. The highest BCUT2D eigenvalue weighted by Gasteiger charge is 2.14. The Balaban J connectivity index is 0. The number of Topliss-reactive ketones (excluding diaryl/α,β-unsaturated/α-hetero) is 2. The molecular formula is C26H54ClN5O8. The number of hydrogen-bond acceptors (Lipinski definition) is 13. The lowest BCUT2D eigenvalue weighted by Gasteiger charge is -2.20. The highest BCUT2D eigenvalue weighted by atomic mass is 35.5. The van der Waals surface area contributed by atoms with Crippen LogP contribution < -0.4 is 28.3 Å². The van der Waals surface area contributed by atoms with Crippen molar-refractivity contribution in [3.05, 3.63) is 0 Å². The zero-order valence-corrected chi connectivity index (χ0v) is 25.4. The summed E-state index contributed by atoms with van der Waals surface area (Å²) in [6.45, 7) is 11.2. The van der Waals surface area contributed by atoms with E-state index in [4.69, 9.17) is 41.1 Å². The average Bonchev–Trinajstić information content (AvgIpc) is 2.95. The zero-order chi connectivity index (χ0) is 29.4. The molecular weight excluding hydrogens is 546 g/mol. The van der Waals surface area contributed by atoms with Gasteiger partial charge in [-0.05, 0) is 52.9 Å². The van der Waals surface area contributed by atoms with Gasteiger partial charge in [0, 0.05) is 57.8 Å². The molecule has 4 rings (SSSR count). The molecule has 13 nitrogen and oxygen atoms in total. The van der Waals surface area contributed by atoms with Gasteiger partial charge < -0.3 is 29.4 Å². The molecule has 4 saturated heterocycles. The van der Waals surface area contributed by atoms with Crippen molar-refractivity contribution >= 4 is 29.9 Å². The number of ketones is 2. The topological polar surface area (TPSA) is 199 Å². The van der Waals surface area contributed by atoms with Crippen molar-refractivity contribution < 1.29 is 38.1 Å². The molecule has 4 aliphatic heterocycles. The van der Waals surface area contributed by atoms with Crippen molar-refractivity contribution in [3.8, 4) is 0 Å². The third-order valence-corrected chi connectivity index (χ3v) is 5.50. The zero-order valence-electron chi connectivity index (χ0n) is 24.6. The first-order valence-electron chi connectivity index (χ1n) is 13.8. The molecule has 0 amide bonds. The summed E-state index contributed by atoms with van der Waals surface area (Å²) in [6.07, 6.45) is 7.28. The van der Waals surface area contributed by atoms with Gasteiger partial charge in [0.1, 0.15) is 18.0 Å². The summed E-state index contributed by atoms with van der Waals surface area (Å²) in [7, 11) is 0. The van der Waals surface area contributed by atoms with Crippen molar-refractivity contribution in [2.24, 2.45) is 17.4 Å². The number of nitrogens with one attached hydrogen (secondary N) is 2. The van der Waals surface area contributed by atoms with Gasteiger partial charge in [0.25, 0.3) is 0 Å². The summed E-state index contributed by atoms with van der Waals surface area (Å²) in [4.78, 5) is 31.2. The lowest BCUT2D eigenvalue weighted by atomic mass is 10.1. The van der Waals surface area contributed by atoms with Gasteiger partial charge >= 0.3 is 5.97 Å². The molecule has 0 aliphatic carbocycles. The normalized spacial score (nSPS) is 21.2. The van der Waals surface area contributed by atoms with Crippen LogP contribution >= 0.6 is 12.4 Å². The number of hydrogen-bond donors (Lipinski definition) is 5. The lowest BCUT2D eigenvalue weighted by Crippen LogP contribution is -2.40. The Morgan fingerprint density at radius 2 is 1.38 bits per heavy atom. The Morgan fingerprint density at radius 3 is 1.65 bits per heavy atom. The van der Waals surface area contributed by atoms with E-state index in [1.54, 1.807) is 20.8 Å². The number of carbonyl (C=O) groups excluding carboxylic acids is 3. The molecule has 238 valence electrons. The van der Waals surface area contributed by atoms with Crippen molar-refractivity contribution in [3.63, 3.8) is 0 Å². The Morgan fingerprint density at radius 1 is 0.800 bits per heavy atom. The molecule has 0 spiro atoms. The van der Waals surface area contributed by atoms with Gasteiger partial charge in [0.2, 0.25) is 0 Å². The van der Waals surface area contributed by atoms with E-state index in [0.717, 1.165) is 71.6 Å². The van der Waals surface area contributed by atoms with Crippen LogP contribution in [0.5, 0.6) is 0 Å². The smallest absolute Gasteiger partial charge is 0.320 e. The first-order valence-corrected chi connectivity index (χ1v) is 13.8. The van der Waals surface area contributed by atoms with Crippen molar-refractivity contribution in [2.75, 3.05) is 59.4 Å². The summed E-state index contributed by atoms with van der Waals surface area (Å²) < 4.78 is 24.8. The Hall–Kier alpha value is -1.26. The summed E-state index contributed by atoms with van der Waals surface area (Å²) in [5.74, 6) is 10.6. The Labute approximate surface area is 245 Å².